The highest BCUT2D eigenvalue weighted by molar-refractivity contribution is 14.1. The van der Waals surface area contributed by atoms with Crippen molar-refractivity contribution in [2.24, 2.45) is 0 Å². The van der Waals surface area contributed by atoms with Crippen LogP contribution in [0.25, 0.3) is 11.2 Å². The molecule has 0 saturated carbocycles. The Hall–Kier alpha value is -2.09. The fourth-order valence-electron chi connectivity index (χ4n) is 3.59. The van der Waals surface area contributed by atoms with Crippen LogP contribution in [0.1, 0.15) is 5.56 Å². The number of aliphatic hydroxyl groups excluding tert-OH is 1. The Morgan fingerprint density at radius 3 is 2.83 bits per heavy atom. The van der Waals surface area contributed by atoms with Gasteiger partial charge in [0.15, 0.2) is 15.4 Å². The molecule has 2 fully saturated rings. The van der Waals surface area contributed by atoms with Gasteiger partial charge in [0, 0.05) is 12.1 Å². The van der Waals surface area contributed by atoms with Crippen molar-refractivity contribution in [1.82, 2.24) is 15.0 Å². The van der Waals surface area contributed by atoms with Crippen LogP contribution in [0.5, 0.6) is 6.01 Å². The third kappa shape index (κ3) is 3.39. The second kappa shape index (κ2) is 7.55. The number of alkyl halides is 1. The number of ether oxygens (including phenoxy) is 3. The Bertz CT molecular complexity index is 1080. The van der Waals surface area contributed by atoms with Crippen molar-refractivity contribution in [1.29, 1.82) is 0 Å². The molecule has 2 aromatic heterocycles. The van der Waals surface area contributed by atoms with E-state index in [9.17, 15) is 13.9 Å². The molecular weight excluding hydrogens is 513 g/mol. The van der Waals surface area contributed by atoms with E-state index in [4.69, 9.17) is 14.2 Å². The third-order valence-electron chi connectivity index (χ3n) is 5.18. The molecule has 5 rings (SSSR count). The molecule has 0 bridgehead atoms. The van der Waals surface area contributed by atoms with Gasteiger partial charge in [-0.25, -0.2) is 13.8 Å². The molecule has 3 N–H and O–H groups in total. The molecule has 0 spiro atoms. The van der Waals surface area contributed by atoms with Crippen LogP contribution in [0.3, 0.4) is 0 Å². The zero-order chi connectivity index (χ0) is 20.9. The minimum absolute atomic E-state index is 0.0523. The van der Waals surface area contributed by atoms with Crippen LogP contribution >= 0.6 is 22.6 Å². The number of nitrogens with one attached hydrogen (secondary N) is 2. The summed E-state index contributed by atoms with van der Waals surface area (Å²) >= 11 is 2.06. The van der Waals surface area contributed by atoms with E-state index in [-0.39, 0.29) is 31.3 Å². The summed E-state index contributed by atoms with van der Waals surface area (Å²) in [6.45, 7) is 0.395. The molecule has 0 radical (unpaired) electrons. The topological polar surface area (TPSA) is 102 Å². The molecule has 1 aromatic carbocycles. The van der Waals surface area contributed by atoms with Crippen LogP contribution in [0.4, 0.5) is 14.6 Å². The average Bonchev–Trinajstić information content (AvgIpc) is 3.35. The van der Waals surface area contributed by atoms with Gasteiger partial charge in [-0.2, -0.15) is 4.98 Å². The fraction of sp³-hybridized carbons (Fsp3) is 0.368. The molecule has 8 nitrogen and oxygen atoms in total. The van der Waals surface area contributed by atoms with Crippen molar-refractivity contribution in [2.45, 2.75) is 28.5 Å². The maximum absolute atomic E-state index is 13.8. The van der Waals surface area contributed by atoms with Crippen molar-refractivity contribution in [3.8, 4) is 6.01 Å². The summed E-state index contributed by atoms with van der Waals surface area (Å²) in [7, 11) is 0. The van der Waals surface area contributed by atoms with Crippen molar-refractivity contribution < 1.29 is 28.1 Å². The van der Waals surface area contributed by atoms with Gasteiger partial charge in [0.05, 0.1) is 18.7 Å². The van der Waals surface area contributed by atoms with Crippen LogP contribution in [0, 0.1) is 11.6 Å². The first-order valence-electron chi connectivity index (χ1n) is 9.27. The predicted octanol–water partition coefficient (Wildman–Crippen LogP) is 2.52. The van der Waals surface area contributed by atoms with E-state index >= 15 is 0 Å². The molecule has 30 heavy (non-hydrogen) atoms. The third-order valence-corrected chi connectivity index (χ3v) is 6.82. The Labute approximate surface area is 183 Å². The number of hydrogen-bond acceptors (Lipinski definition) is 7. The highest BCUT2D eigenvalue weighted by Crippen LogP contribution is 2.43. The first-order chi connectivity index (χ1) is 14.4. The lowest BCUT2D eigenvalue weighted by atomic mass is 10.1. The number of imidazole rings is 1. The number of hydrogen-bond donors (Lipinski definition) is 3. The lowest BCUT2D eigenvalue weighted by molar-refractivity contribution is 0.000698. The minimum atomic E-state index is -0.828. The number of aromatic nitrogens is 3. The Balaban J connectivity index is 1.30. The highest BCUT2D eigenvalue weighted by atomic mass is 127. The maximum Gasteiger partial charge on any atom is 0.296 e. The SMILES string of the molecule is O[C@@H]1CO[C@@H]2[C@H](Oc3nc4nc(NCc5c(F)cccc5F)ccc4[nH]3)CO[C@]12I. The molecular formula is C19H17F2IN4O4. The minimum Gasteiger partial charge on any atom is -0.456 e. The van der Waals surface area contributed by atoms with Crippen molar-refractivity contribution in [2.75, 3.05) is 18.5 Å². The van der Waals surface area contributed by atoms with E-state index in [1.54, 1.807) is 12.1 Å². The molecule has 0 amide bonds. The maximum atomic E-state index is 13.8. The van der Waals surface area contributed by atoms with Gasteiger partial charge in [-0.3, -0.25) is 0 Å². The molecule has 3 aromatic rings. The monoisotopic (exact) mass is 530 g/mol. The van der Waals surface area contributed by atoms with Gasteiger partial charge in [-0.05, 0) is 46.9 Å². The van der Waals surface area contributed by atoms with Crippen LogP contribution in [0.2, 0.25) is 0 Å². The number of rotatable bonds is 5. The van der Waals surface area contributed by atoms with Gasteiger partial charge in [0.1, 0.15) is 29.7 Å². The summed E-state index contributed by atoms with van der Waals surface area (Å²) in [5.74, 6) is -0.826. The number of aromatic amines is 1. The predicted molar refractivity (Wildman–Crippen MR) is 110 cm³/mol. The standard InChI is InChI=1S/C19H17F2IN4O4/c20-10-2-1-3-11(21)9(10)6-23-15-5-4-12-17(25-15)26-18(24-12)30-13-7-29-19(22)14(27)8-28-16(13)19/h1-5,13-14,16,27H,6-8H2,(H2,23,24,25,26)/t13-,14-,16-,19-/m1/s1. The van der Waals surface area contributed by atoms with Crippen molar-refractivity contribution in [3.05, 3.63) is 47.5 Å². The average molecular weight is 530 g/mol. The number of halogens is 3. The zero-order valence-electron chi connectivity index (χ0n) is 15.4. The lowest BCUT2D eigenvalue weighted by Crippen LogP contribution is -2.42. The number of pyridine rings is 1. The fourth-order valence-corrected chi connectivity index (χ4v) is 4.53. The van der Waals surface area contributed by atoms with Gasteiger partial charge in [0.2, 0.25) is 0 Å². The van der Waals surface area contributed by atoms with E-state index in [2.05, 4.69) is 42.9 Å². The number of benzene rings is 1. The summed E-state index contributed by atoms with van der Waals surface area (Å²) in [4.78, 5) is 11.7. The van der Waals surface area contributed by atoms with Crippen molar-refractivity contribution in [3.63, 3.8) is 0 Å². The highest BCUT2D eigenvalue weighted by Gasteiger charge is 2.59. The normalized spacial score (nSPS) is 28.1. The Morgan fingerprint density at radius 2 is 2.03 bits per heavy atom. The summed E-state index contributed by atoms with van der Waals surface area (Å²) in [6.07, 6.45) is -1.56. The summed E-state index contributed by atoms with van der Waals surface area (Å²) < 4.78 is 44.0. The van der Waals surface area contributed by atoms with Crippen LogP contribution < -0.4 is 10.1 Å². The number of fused-ring (bicyclic) bond motifs is 2. The summed E-state index contributed by atoms with van der Waals surface area (Å²) in [5.41, 5.74) is 0.961. The van der Waals surface area contributed by atoms with Gasteiger partial charge >= 0.3 is 0 Å². The Kier molecular flexibility index (Phi) is 5.00. The largest absolute Gasteiger partial charge is 0.456 e. The van der Waals surface area contributed by atoms with Gasteiger partial charge < -0.3 is 29.6 Å². The molecule has 2 aliphatic rings. The van der Waals surface area contributed by atoms with Gasteiger partial charge in [-0.15, -0.1) is 0 Å². The molecule has 4 atom stereocenters. The Morgan fingerprint density at radius 1 is 1.23 bits per heavy atom. The first kappa shape index (κ1) is 19.8. The molecule has 2 aliphatic heterocycles. The quantitative estimate of drug-likeness (QED) is 0.345. The first-order valence-corrected chi connectivity index (χ1v) is 10.3. The number of aliphatic hydroxyl groups is 1. The molecule has 2 saturated heterocycles. The van der Waals surface area contributed by atoms with Gasteiger partial charge in [-0.1, -0.05) is 6.07 Å². The zero-order valence-corrected chi connectivity index (χ0v) is 17.6. The van der Waals surface area contributed by atoms with E-state index in [0.29, 0.717) is 17.0 Å². The summed E-state index contributed by atoms with van der Waals surface area (Å²) in [6, 6.07) is 7.39. The van der Waals surface area contributed by atoms with Crippen molar-refractivity contribution >= 4 is 39.6 Å². The van der Waals surface area contributed by atoms with Crippen LogP contribution in [0.15, 0.2) is 30.3 Å². The van der Waals surface area contributed by atoms with E-state index in [1.807, 2.05) is 0 Å². The second-order valence-electron chi connectivity index (χ2n) is 7.10. The number of anilines is 1. The lowest BCUT2D eigenvalue weighted by Gasteiger charge is -2.23. The molecule has 0 unspecified atom stereocenters. The molecule has 11 heteroatoms. The molecule has 0 aliphatic carbocycles. The number of H-pyrrole nitrogens is 1. The molecule has 158 valence electrons. The van der Waals surface area contributed by atoms with E-state index < -0.39 is 33.6 Å². The van der Waals surface area contributed by atoms with Crippen LogP contribution in [-0.4, -0.2) is 55.2 Å². The smallest absolute Gasteiger partial charge is 0.296 e. The molecule has 4 heterocycles. The van der Waals surface area contributed by atoms with E-state index in [0.717, 1.165) is 0 Å². The summed E-state index contributed by atoms with van der Waals surface area (Å²) in [5, 5.41) is 13.0. The van der Waals surface area contributed by atoms with Gasteiger partial charge in [0.25, 0.3) is 6.01 Å². The number of nitrogens with zero attached hydrogens (tertiary/aromatic N) is 2. The van der Waals surface area contributed by atoms with E-state index in [1.165, 1.54) is 18.2 Å². The van der Waals surface area contributed by atoms with Crippen LogP contribution in [-0.2, 0) is 16.0 Å². The second-order valence-corrected chi connectivity index (χ2v) is 8.78.